The van der Waals surface area contributed by atoms with Gasteiger partial charge in [0.1, 0.15) is 11.6 Å². The van der Waals surface area contributed by atoms with Gasteiger partial charge in [-0.05, 0) is 25.7 Å². The summed E-state index contributed by atoms with van der Waals surface area (Å²) in [6, 6.07) is -0.295. The predicted molar refractivity (Wildman–Crippen MR) is 74.7 cm³/mol. The molecule has 0 radical (unpaired) electrons. The number of piperazine rings is 1. The summed E-state index contributed by atoms with van der Waals surface area (Å²) in [5.74, 6) is 0.240. The Kier molecular flexibility index (Phi) is 4.48. The molecule has 0 aromatic carbocycles. The molecule has 2 rings (SSSR count). The lowest BCUT2D eigenvalue weighted by molar-refractivity contribution is -0.160. The molecule has 108 valence electrons. The minimum Gasteiger partial charge on any atom is -0.342 e. The Morgan fingerprint density at radius 1 is 1.16 bits per heavy atom. The van der Waals surface area contributed by atoms with Gasteiger partial charge in [0.05, 0.1) is 0 Å². The third kappa shape index (κ3) is 2.49. The van der Waals surface area contributed by atoms with Gasteiger partial charge in [-0.15, -0.1) is 0 Å². The normalized spacial score (nSPS) is 26.6. The van der Waals surface area contributed by atoms with Crippen LogP contribution in [0.4, 0.5) is 0 Å². The molecule has 1 spiro atoms. The molecule has 2 aliphatic rings. The smallest absolute Gasteiger partial charge is 0.246 e. The van der Waals surface area contributed by atoms with E-state index in [0.717, 1.165) is 44.9 Å². The van der Waals surface area contributed by atoms with Gasteiger partial charge in [-0.25, -0.2) is 0 Å². The van der Waals surface area contributed by atoms with Crippen LogP contribution in [0.25, 0.3) is 0 Å². The number of carbonyl (C=O) groups excluding carboxylic acids is 2. The van der Waals surface area contributed by atoms with E-state index in [1.165, 1.54) is 6.42 Å². The van der Waals surface area contributed by atoms with Crippen LogP contribution in [0.5, 0.6) is 0 Å². The van der Waals surface area contributed by atoms with Crippen LogP contribution in [0.1, 0.15) is 65.2 Å². The van der Waals surface area contributed by atoms with E-state index in [-0.39, 0.29) is 17.9 Å². The molecule has 0 bridgehead atoms. The van der Waals surface area contributed by atoms with Crippen molar-refractivity contribution in [3.05, 3.63) is 0 Å². The van der Waals surface area contributed by atoms with Crippen molar-refractivity contribution in [3.8, 4) is 0 Å². The second kappa shape index (κ2) is 5.93. The SMILES string of the molecule is CCCC1NC(=O)C2(CCCCC2)N(CCC)C1=O. The van der Waals surface area contributed by atoms with Crippen LogP contribution in [0, 0.1) is 0 Å². The number of rotatable bonds is 4. The molecular weight excluding hydrogens is 240 g/mol. The second-order valence-corrected chi connectivity index (χ2v) is 5.90. The molecule has 1 saturated carbocycles. The second-order valence-electron chi connectivity index (χ2n) is 5.90. The number of hydrogen-bond acceptors (Lipinski definition) is 2. The van der Waals surface area contributed by atoms with Gasteiger partial charge in [0, 0.05) is 6.54 Å². The van der Waals surface area contributed by atoms with E-state index in [1.54, 1.807) is 0 Å². The van der Waals surface area contributed by atoms with Gasteiger partial charge < -0.3 is 10.2 Å². The van der Waals surface area contributed by atoms with Crippen molar-refractivity contribution in [2.45, 2.75) is 76.8 Å². The van der Waals surface area contributed by atoms with E-state index in [9.17, 15) is 9.59 Å². The van der Waals surface area contributed by atoms with E-state index in [2.05, 4.69) is 19.2 Å². The zero-order valence-corrected chi connectivity index (χ0v) is 12.2. The molecule has 2 amide bonds. The Balaban J connectivity index is 2.26. The van der Waals surface area contributed by atoms with Crippen molar-refractivity contribution in [1.82, 2.24) is 10.2 Å². The number of nitrogens with zero attached hydrogens (tertiary/aromatic N) is 1. The first kappa shape index (κ1) is 14.4. The average Bonchev–Trinajstić information content (AvgIpc) is 2.43. The first-order chi connectivity index (χ1) is 9.15. The summed E-state index contributed by atoms with van der Waals surface area (Å²) in [4.78, 5) is 27.1. The van der Waals surface area contributed by atoms with Crippen molar-refractivity contribution < 1.29 is 9.59 Å². The molecule has 1 saturated heterocycles. The highest BCUT2D eigenvalue weighted by atomic mass is 16.2. The molecule has 4 nitrogen and oxygen atoms in total. The fraction of sp³-hybridized carbons (Fsp3) is 0.867. The summed E-state index contributed by atoms with van der Waals surface area (Å²) in [6.45, 7) is 4.84. The first-order valence-corrected chi connectivity index (χ1v) is 7.78. The van der Waals surface area contributed by atoms with E-state index >= 15 is 0 Å². The summed E-state index contributed by atoms with van der Waals surface area (Å²) >= 11 is 0. The minimum absolute atomic E-state index is 0.0960. The Morgan fingerprint density at radius 3 is 2.42 bits per heavy atom. The Labute approximate surface area is 115 Å². The van der Waals surface area contributed by atoms with Crippen LogP contribution in [0.2, 0.25) is 0 Å². The molecule has 1 atom stereocenters. The molecule has 1 N–H and O–H groups in total. The van der Waals surface area contributed by atoms with Crippen molar-refractivity contribution in [2.75, 3.05) is 6.54 Å². The lowest BCUT2D eigenvalue weighted by atomic mass is 9.77. The Morgan fingerprint density at radius 2 is 1.84 bits per heavy atom. The van der Waals surface area contributed by atoms with Crippen LogP contribution >= 0.6 is 0 Å². The number of amides is 2. The summed E-state index contributed by atoms with van der Waals surface area (Å²) < 4.78 is 0. The van der Waals surface area contributed by atoms with Gasteiger partial charge >= 0.3 is 0 Å². The maximum absolute atomic E-state index is 12.6. The van der Waals surface area contributed by atoms with Gasteiger partial charge in [-0.1, -0.05) is 39.5 Å². The molecule has 2 fully saturated rings. The molecule has 1 aliphatic carbocycles. The maximum atomic E-state index is 12.6. The molecule has 0 aromatic rings. The van der Waals surface area contributed by atoms with Crippen molar-refractivity contribution in [2.24, 2.45) is 0 Å². The third-order valence-electron chi connectivity index (χ3n) is 4.51. The van der Waals surface area contributed by atoms with Crippen molar-refractivity contribution in [1.29, 1.82) is 0 Å². The highest BCUT2D eigenvalue weighted by Crippen LogP contribution is 2.37. The van der Waals surface area contributed by atoms with Gasteiger partial charge in [0.25, 0.3) is 0 Å². The minimum atomic E-state index is -0.532. The average molecular weight is 266 g/mol. The molecule has 4 heteroatoms. The molecule has 19 heavy (non-hydrogen) atoms. The summed E-state index contributed by atoms with van der Waals surface area (Å²) in [5, 5.41) is 2.99. The van der Waals surface area contributed by atoms with Gasteiger partial charge in [-0.3, -0.25) is 9.59 Å². The molecule has 1 heterocycles. The number of carbonyl (C=O) groups is 2. The van der Waals surface area contributed by atoms with Crippen molar-refractivity contribution >= 4 is 11.8 Å². The van der Waals surface area contributed by atoms with Gasteiger partial charge in [0.15, 0.2) is 0 Å². The molecule has 1 unspecified atom stereocenters. The van der Waals surface area contributed by atoms with E-state index < -0.39 is 5.54 Å². The molecule has 1 aliphatic heterocycles. The van der Waals surface area contributed by atoms with Crippen LogP contribution in [-0.2, 0) is 9.59 Å². The number of hydrogen-bond donors (Lipinski definition) is 1. The van der Waals surface area contributed by atoms with Crippen molar-refractivity contribution in [3.63, 3.8) is 0 Å². The zero-order valence-electron chi connectivity index (χ0n) is 12.2. The standard InChI is InChI=1S/C15H26N2O2/c1-3-8-12-13(18)17(11-4-2)15(14(19)16-12)9-6-5-7-10-15/h12H,3-11H2,1-2H3,(H,16,19). The lowest BCUT2D eigenvalue weighted by Crippen LogP contribution is -2.71. The zero-order chi connectivity index (χ0) is 13.9. The van der Waals surface area contributed by atoms with E-state index in [4.69, 9.17) is 0 Å². The quantitative estimate of drug-likeness (QED) is 0.848. The predicted octanol–water partition coefficient (Wildman–Crippen LogP) is 2.23. The van der Waals surface area contributed by atoms with Crippen LogP contribution < -0.4 is 5.32 Å². The van der Waals surface area contributed by atoms with Gasteiger partial charge in [0.2, 0.25) is 11.8 Å². The fourth-order valence-corrected chi connectivity index (χ4v) is 3.54. The molecule has 0 aromatic heterocycles. The Hall–Kier alpha value is -1.06. The van der Waals surface area contributed by atoms with E-state index in [0.29, 0.717) is 6.54 Å². The van der Waals surface area contributed by atoms with Crippen LogP contribution in [0.15, 0.2) is 0 Å². The van der Waals surface area contributed by atoms with Crippen LogP contribution in [0.3, 0.4) is 0 Å². The summed E-state index contributed by atoms with van der Waals surface area (Å²) in [6.07, 6.45) is 7.55. The van der Waals surface area contributed by atoms with E-state index in [1.807, 2.05) is 4.90 Å². The fourth-order valence-electron chi connectivity index (χ4n) is 3.54. The Bertz CT molecular complexity index is 348. The summed E-state index contributed by atoms with van der Waals surface area (Å²) in [5.41, 5.74) is -0.532. The first-order valence-electron chi connectivity index (χ1n) is 7.78. The van der Waals surface area contributed by atoms with Gasteiger partial charge in [-0.2, -0.15) is 0 Å². The number of nitrogens with one attached hydrogen (secondary N) is 1. The highest BCUT2D eigenvalue weighted by molar-refractivity contribution is 5.99. The highest BCUT2D eigenvalue weighted by Gasteiger charge is 2.51. The molecular formula is C15H26N2O2. The summed E-state index contributed by atoms with van der Waals surface area (Å²) in [7, 11) is 0. The lowest BCUT2D eigenvalue weighted by Gasteiger charge is -2.50. The largest absolute Gasteiger partial charge is 0.342 e. The topological polar surface area (TPSA) is 49.4 Å². The monoisotopic (exact) mass is 266 g/mol. The maximum Gasteiger partial charge on any atom is 0.246 e. The van der Waals surface area contributed by atoms with Crippen LogP contribution in [-0.4, -0.2) is 34.8 Å². The third-order valence-corrected chi connectivity index (χ3v) is 4.51.